The number of esters is 1. The van der Waals surface area contributed by atoms with Gasteiger partial charge < -0.3 is 9.64 Å². The molecule has 0 bridgehead atoms. The predicted molar refractivity (Wildman–Crippen MR) is 92.5 cm³/mol. The molecule has 0 aliphatic heterocycles. The van der Waals surface area contributed by atoms with Gasteiger partial charge in [0.15, 0.2) is 0 Å². The lowest BCUT2D eigenvalue weighted by atomic mass is 10.1. The lowest BCUT2D eigenvalue weighted by Crippen LogP contribution is -2.37. The van der Waals surface area contributed by atoms with Crippen molar-refractivity contribution >= 4 is 27.6 Å². The second-order valence-electron chi connectivity index (χ2n) is 5.16. The summed E-state index contributed by atoms with van der Waals surface area (Å²) in [5.41, 5.74) is 0.347. The number of amides is 1. The molecule has 0 saturated carbocycles. The summed E-state index contributed by atoms with van der Waals surface area (Å²) in [6, 6.07) is 6.27. The van der Waals surface area contributed by atoms with Crippen molar-refractivity contribution in [2.75, 3.05) is 37.3 Å². The Balaban J connectivity index is 3.13. The minimum absolute atomic E-state index is 0.0320. The number of carbonyl (C=O) groups is 2. The first-order valence-electron chi connectivity index (χ1n) is 7.69. The minimum atomic E-state index is -3.66. The summed E-state index contributed by atoms with van der Waals surface area (Å²) in [4.78, 5) is 25.7. The molecule has 0 aromatic heterocycles. The third kappa shape index (κ3) is 4.95. The largest absolute Gasteiger partial charge is 0.465 e. The van der Waals surface area contributed by atoms with Gasteiger partial charge in [-0.15, -0.1) is 0 Å². The van der Waals surface area contributed by atoms with Crippen molar-refractivity contribution in [3.8, 4) is 0 Å². The first-order valence-corrected chi connectivity index (χ1v) is 9.53. The molecule has 1 aromatic carbocycles. The second-order valence-corrected chi connectivity index (χ2v) is 7.07. The molecule has 8 heteroatoms. The van der Waals surface area contributed by atoms with E-state index in [-0.39, 0.29) is 30.1 Å². The van der Waals surface area contributed by atoms with Crippen LogP contribution in [0.15, 0.2) is 24.3 Å². The van der Waals surface area contributed by atoms with Crippen molar-refractivity contribution in [3.63, 3.8) is 0 Å². The van der Waals surface area contributed by atoms with E-state index >= 15 is 0 Å². The summed E-state index contributed by atoms with van der Waals surface area (Å²) >= 11 is 0. The Kier molecular flexibility index (Phi) is 7.21. The van der Waals surface area contributed by atoms with E-state index in [9.17, 15) is 18.0 Å². The molecule has 1 aromatic rings. The van der Waals surface area contributed by atoms with Crippen LogP contribution in [0.25, 0.3) is 0 Å². The van der Waals surface area contributed by atoms with Crippen LogP contribution in [-0.2, 0) is 19.6 Å². The van der Waals surface area contributed by atoms with E-state index in [1.165, 1.54) is 19.2 Å². The fraction of sp³-hybridized carbons (Fsp3) is 0.500. The SMILES string of the molecule is CCN(CC)C(=O)CCN(c1ccccc1C(=O)OC)S(C)(=O)=O. The number of hydrogen-bond donors (Lipinski definition) is 0. The molecule has 0 aliphatic rings. The predicted octanol–water partition coefficient (Wildman–Crippen LogP) is 1.50. The number of ether oxygens (including phenoxy) is 1. The van der Waals surface area contributed by atoms with Crippen molar-refractivity contribution < 1.29 is 22.7 Å². The number of nitrogens with zero attached hydrogens (tertiary/aromatic N) is 2. The van der Waals surface area contributed by atoms with Crippen molar-refractivity contribution in [2.45, 2.75) is 20.3 Å². The fourth-order valence-electron chi connectivity index (χ4n) is 2.37. The standard InChI is InChI=1S/C16H24N2O5S/c1-5-17(6-2)15(19)11-12-18(24(4,21)22)14-10-8-7-9-13(14)16(20)23-3/h7-10H,5-6,11-12H2,1-4H3. The summed E-state index contributed by atoms with van der Waals surface area (Å²) < 4.78 is 30.1. The molecule has 0 N–H and O–H groups in total. The van der Waals surface area contributed by atoms with Crippen LogP contribution in [0.1, 0.15) is 30.6 Å². The third-order valence-corrected chi connectivity index (χ3v) is 4.80. The zero-order valence-electron chi connectivity index (χ0n) is 14.5. The summed E-state index contributed by atoms with van der Waals surface area (Å²) in [5.74, 6) is -0.765. The first kappa shape index (κ1) is 20.0. The second kappa shape index (κ2) is 8.68. The number of rotatable bonds is 8. The summed E-state index contributed by atoms with van der Waals surface area (Å²) in [5, 5.41) is 0. The number of benzene rings is 1. The Hall–Kier alpha value is -2.09. The zero-order chi connectivity index (χ0) is 18.3. The van der Waals surface area contributed by atoms with E-state index in [0.717, 1.165) is 10.6 Å². The van der Waals surface area contributed by atoms with Gasteiger partial charge in [0, 0.05) is 26.1 Å². The molecule has 1 rings (SSSR count). The topological polar surface area (TPSA) is 84.0 Å². The normalized spacial score (nSPS) is 11.0. The fourth-order valence-corrected chi connectivity index (χ4v) is 3.31. The molecule has 0 spiro atoms. The van der Waals surface area contributed by atoms with Gasteiger partial charge >= 0.3 is 5.97 Å². The average molecular weight is 356 g/mol. The Morgan fingerprint density at radius 2 is 1.71 bits per heavy atom. The average Bonchev–Trinajstić information content (AvgIpc) is 2.54. The van der Waals surface area contributed by atoms with Gasteiger partial charge in [0.25, 0.3) is 0 Å². The van der Waals surface area contributed by atoms with Gasteiger partial charge in [-0.3, -0.25) is 9.10 Å². The quantitative estimate of drug-likeness (QED) is 0.659. The number of carbonyl (C=O) groups excluding carboxylic acids is 2. The molecule has 24 heavy (non-hydrogen) atoms. The maximum atomic E-state index is 12.2. The van der Waals surface area contributed by atoms with Gasteiger partial charge in [0.05, 0.1) is 24.6 Å². The van der Waals surface area contributed by atoms with E-state index in [1.807, 2.05) is 13.8 Å². The van der Waals surface area contributed by atoms with Gasteiger partial charge in [0.1, 0.15) is 0 Å². The molecule has 0 atom stereocenters. The van der Waals surface area contributed by atoms with Crippen LogP contribution in [0.3, 0.4) is 0 Å². The monoisotopic (exact) mass is 356 g/mol. The van der Waals surface area contributed by atoms with E-state index in [0.29, 0.717) is 13.1 Å². The maximum Gasteiger partial charge on any atom is 0.340 e. The first-order chi connectivity index (χ1) is 11.3. The molecule has 0 heterocycles. The van der Waals surface area contributed by atoms with Crippen LogP contribution < -0.4 is 4.31 Å². The van der Waals surface area contributed by atoms with E-state index in [2.05, 4.69) is 0 Å². The molecular weight excluding hydrogens is 332 g/mol. The Bertz CT molecular complexity index is 683. The van der Waals surface area contributed by atoms with Gasteiger partial charge in [-0.25, -0.2) is 13.2 Å². The highest BCUT2D eigenvalue weighted by Gasteiger charge is 2.24. The molecule has 0 saturated heterocycles. The molecular formula is C16H24N2O5S. The van der Waals surface area contributed by atoms with Crippen molar-refractivity contribution in [1.82, 2.24) is 4.90 Å². The number of methoxy groups -OCH3 is 1. The number of anilines is 1. The van der Waals surface area contributed by atoms with Crippen molar-refractivity contribution in [3.05, 3.63) is 29.8 Å². The highest BCUT2D eigenvalue weighted by Crippen LogP contribution is 2.24. The van der Waals surface area contributed by atoms with Crippen LogP contribution in [0.4, 0.5) is 5.69 Å². The Morgan fingerprint density at radius 3 is 2.21 bits per heavy atom. The van der Waals surface area contributed by atoms with Crippen LogP contribution in [0.5, 0.6) is 0 Å². The van der Waals surface area contributed by atoms with Gasteiger partial charge in [-0.1, -0.05) is 12.1 Å². The number of para-hydroxylation sites is 1. The third-order valence-electron chi connectivity index (χ3n) is 3.62. The lowest BCUT2D eigenvalue weighted by Gasteiger charge is -2.25. The van der Waals surface area contributed by atoms with E-state index in [1.54, 1.807) is 17.0 Å². The molecule has 0 unspecified atom stereocenters. The van der Waals surface area contributed by atoms with Crippen molar-refractivity contribution in [1.29, 1.82) is 0 Å². The highest BCUT2D eigenvalue weighted by atomic mass is 32.2. The van der Waals surface area contributed by atoms with Crippen LogP contribution >= 0.6 is 0 Å². The number of hydrogen-bond acceptors (Lipinski definition) is 5. The summed E-state index contributed by atoms with van der Waals surface area (Å²) in [7, 11) is -2.43. The van der Waals surface area contributed by atoms with E-state index in [4.69, 9.17) is 4.74 Å². The molecule has 0 aliphatic carbocycles. The van der Waals surface area contributed by atoms with Crippen LogP contribution in [0, 0.1) is 0 Å². The highest BCUT2D eigenvalue weighted by molar-refractivity contribution is 7.92. The summed E-state index contributed by atoms with van der Waals surface area (Å²) in [6.45, 7) is 4.81. The van der Waals surface area contributed by atoms with Crippen LogP contribution in [0.2, 0.25) is 0 Å². The van der Waals surface area contributed by atoms with E-state index < -0.39 is 16.0 Å². The summed E-state index contributed by atoms with van der Waals surface area (Å²) in [6.07, 6.45) is 1.08. The Labute approximate surface area is 143 Å². The van der Waals surface area contributed by atoms with Gasteiger partial charge in [-0.2, -0.15) is 0 Å². The Morgan fingerprint density at radius 1 is 1.12 bits per heavy atom. The number of sulfonamides is 1. The maximum absolute atomic E-state index is 12.2. The van der Waals surface area contributed by atoms with Crippen molar-refractivity contribution in [2.24, 2.45) is 0 Å². The molecule has 0 radical (unpaired) electrons. The lowest BCUT2D eigenvalue weighted by molar-refractivity contribution is -0.130. The zero-order valence-corrected chi connectivity index (χ0v) is 15.3. The smallest absolute Gasteiger partial charge is 0.340 e. The van der Waals surface area contributed by atoms with Crippen LogP contribution in [-0.4, -0.2) is 58.2 Å². The molecule has 1 amide bonds. The molecule has 7 nitrogen and oxygen atoms in total. The molecule has 0 fully saturated rings. The van der Waals surface area contributed by atoms with Gasteiger partial charge in [-0.05, 0) is 26.0 Å². The minimum Gasteiger partial charge on any atom is -0.465 e. The molecule has 134 valence electrons. The van der Waals surface area contributed by atoms with Gasteiger partial charge in [0.2, 0.25) is 15.9 Å².